The van der Waals surface area contributed by atoms with Crippen LogP contribution < -0.4 is 0 Å². The second kappa shape index (κ2) is 5.46. The summed E-state index contributed by atoms with van der Waals surface area (Å²) >= 11 is 11.0. The molecular weight excluding hydrogens is 330 g/mol. The summed E-state index contributed by atoms with van der Waals surface area (Å²) < 4.78 is 27.4. The highest BCUT2D eigenvalue weighted by Gasteiger charge is 2.15. The molecule has 0 amide bonds. The van der Waals surface area contributed by atoms with Crippen molar-refractivity contribution < 1.29 is 8.78 Å². The van der Waals surface area contributed by atoms with Gasteiger partial charge in [-0.3, -0.25) is 0 Å². The molecule has 2 aromatic rings. The number of rotatable bonds is 3. The average molecular weight is 338 g/mol. The first-order valence-electron chi connectivity index (χ1n) is 4.89. The first-order valence-corrected chi connectivity index (χ1v) is 6.99. The molecule has 1 heterocycles. The molecule has 0 aliphatic carbocycles. The van der Waals surface area contributed by atoms with E-state index in [0.29, 0.717) is 5.56 Å². The van der Waals surface area contributed by atoms with Gasteiger partial charge in [-0.15, -0.1) is 22.9 Å². The molecule has 0 nitrogen and oxygen atoms in total. The summed E-state index contributed by atoms with van der Waals surface area (Å²) in [7, 11) is 0. The van der Waals surface area contributed by atoms with Gasteiger partial charge in [0.15, 0.2) is 11.6 Å². The SMILES string of the molecule is Fc1cccc(CC(Cl)c2csc(Br)c2)c1F. The van der Waals surface area contributed by atoms with Crippen LogP contribution in [0.1, 0.15) is 16.5 Å². The molecule has 0 saturated carbocycles. The molecule has 2 rings (SSSR count). The van der Waals surface area contributed by atoms with Crippen LogP contribution in [0.4, 0.5) is 8.78 Å². The third-order valence-electron chi connectivity index (χ3n) is 2.38. The molecule has 1 aromatic heterocycles. The van der Waals surface area contributed by atoms with Crippen LogP contribution in [0.15, 0.2) is 33.4 Å². The van der Waals surface area contributed by atoms with Gasteiger partial charge in [0.05, 0.1) is 9.16 Å². The van der Waals surface area contributed by atoms with Crippen LogP contribution in [0.2, 0.25) is 0 Å². The summed E-state index contributed by atoms with van der Waals surface area (Å²) in [5, 5.41) is 1.55. The first-order chi connectivity index (χ1) is 8.08. The molecule has 1 aromatic carbocycles. The lowest BCUT2D eigenvalue weighted by atomic mass is 10.1. The van der Waals surface area contributed by atoms with Gasteiger partial charge in [-0.05, 0) is 51.0 Å². The first kappa shape index (κ1) is 13.0. The topological polar surface area (TPSA) is 0 Å². The molecule has 0 fully saturated rings. The number of hydrogen-bond donors (Lipinski definition) is 0. The molecular formula is C12H8BrClF2S. The summed E-state index contributed by atoms with van der Waals surface area (Å²) in [5.74, 6) is -1.65. The predicted molar refractivity (Wildman–Crippen MR) is 70.7 cm³/mol. The van der Waals surface area contributed by atoms with Gasteiger partial charge in [0.1, 0.15) is 0 Å². The van der Waals surface area contributed by atoms with Crippen molar-refractivity contribution in [3.8, 4) is 0 Å². The summed E-state index contributed by atoms with van der Waals surface area (Å²) in [6.45, 7) is 0. The van der Waals surface area contributed by atoms with Crippen molar-refractivity contribution in [3.05, 3.63) is 56.2 Å². The Hall–Kier alpha value is -0.450. The van der Waals surface area contributed by atoms with Crippen LogP contribution in [0.25, 0.3) is 0 Å². The van der Waals surface area contributed by atoms with Gasteiger partial charge in [-0.2, -0.15) is 0 Å². The Morgan fingerprint density at radius 2 is 2.12 bits per heavy atom. The Labute approximate surface area is 115 Å². The maximum atomic E-state index is 13.4. The number of thiophene rings is 1. The number of benzene rings is 1. The van der Waals surface area contributed by atoms with Crippen molar-refractivity contribution in [2.45, 2.75) is 11.8 Å². The van der Waals surface area contributed by atoms with Crippen molar-refractivity contribution in [3.63, 3.8) is 0 Å². The maximum absolute atomic E-state index is 13.4. The molecule has 1 atom stereocenters. The second-order valence-electron chi connectivity index (χ2n) is 3.57. The fourth-order valence-electron chi connectivity index (χ4n) is 1.50. The monoisotopic (exact) mass is 336 g/mol. The van der Waals surface area contributed by atoms with E-state index in [1.807, 2.05) is 11.4 Å². The minimum Gasteiger partial charge on any atom is -0.204 e. The minimum atomic E-state index is -0.835. The Bertz CT molecular complexity index is 527. The van der Waals surface area contributed by atoms with E-state index in [-0.39, 0.29) is 11.8 Å². The maximum Gasteiger partial charge on any atom is 0.162 e. The van der Waals surface area contributed by atoms with E-state index in [1.54, 1.807) is 6.07 Å². The van der Waals surface area contributed by atoms with Crippen molar-refractivity contribution in [1.29, 1.82) is 0 Å². The number of halogens is 4. The molecule has 1 unspecified atom stereocenters. The lowest BCUT2D eigenvalue weighted by Gasteiger charge is -2.08. The molecule has 0 aliphatic rings. The minimum absolute atomic E-state index is 0.272. The van der Waals surface area contributed by atoms with E-state index in [9.17, 15) is 8.78 Å². The quantitative estimate of drug-likeness (QED) is 0.666. The van der Waals surface area contributed by atoms with Crippen LogP contribution in [-0.4, -0.2) is 0 Å². The van der Waals surface area contributed by atoms with Crippen molar-refractivity contribution >= 4 is 38.9 Å². The summed E-state index contributed by atoms with van der Waals surface area (Å²) in [4.78, 5) is 0. The van der Waals surface area contributed by atoms with E-state index in [2.05, 4.69) is 15.9 Å². The average Bonchev–Trinajstić information content (AvgIpc) is 2.72. The van der Waals surface area contributed by atoms with Crippen LogP contribution in [0, 0.1) is 11.6 Å². The molecule has 0 aliphatic heterocycles. The highest BCUT2D eigenvalue weighted by molar-refractivity contribution is 9.11. The number of hydrogen-bond acceptors (Lipinski definition) is 1. The summed E-state index contributed by atoms with van der Waals surface area (Å²) in [6, 6.07) is 6.03. The van der Waals surface area contributed by atoms with Gasteiger partial charge in [-0.1, -0.05) is 12.1 Å². The third-order valence-corrected chi connectivity index (χ3v) is 4.31. The van der Waals surface area contributed by atoms with E-state index in [4.69, 9.17) is 11.6 Å². The van der Waals surface area contributed by atoms with Crippen LogP contribution in [0.3, 0.4) is 0 Å². The van der Waals surface area contributed by atoms with E-state index < -0.39 is 11.6 Å². The zero-order valence-electron chi connectivity index (χ0n) is 8.59. The van der Waals surface area contributed by atoms with Gasteiger partial charge >= 0.3 is 0 Å². The smallest absolute Gasteiger partial charge is 0.162 e. The largest absolute Gasteiger partial charge is 0.204 e. The fraction of sp³-hybridized carbons (Fsp3) is 0.167. The predicted octanol–water partition coefficient (Wildman–Crippen LogP) is 5.31. The lowest BCUT2D eigenvalue weighted by Crippen LogP contribution is -1.99. The molecule has 0 spiro atoms. The van der Waals surface area contributed by atoms with Crippen LogP contribution in [-0.2, 0) is 6.42 Å². The fourth-order valence-corrected chi connectivity index (χ4v) is 3.10. The molecule has 17 heavy (non-hydrogen) atoms. The van der Waals surface area contributed by atoms with Crippen molar-refractivity contribution in [1.82, 2.24) is 0 Å². The van der Waals surface area contributed by atoms with Crippen LogP contribution >= 0.6 is 38.9 Å². The molecule has 0 saturated heterocycles. The highest BCUT2D eigenvalue weighted by atomic mass is 79.9. The molecule has 90 valence electrons. The van der Waals surface area contributed by atoms with E-state index in [1.165, 1.54) is 17.4 Å². The van der Waals surface area contributed by atoms with E-state index in [0.717, 1.165) is 15.4 Å². The van der Waals surface area contributed by atoms with Gasteiger partial charge in [-0.25, -0.2) is 8.78 Å². The molecule has 5 heteroatoms. The van der Waals surface area contributed by atoms with Gasteiger partial charge in [0.25, 0.3) is 0 Å². The molecule has 0 N–H and O–H groups in total. The van der Waals surface area contributed by atoms with Gasteiger partial charge < -0.3 is 0 Å². The zero-order chi connectivity index (χ0) is 12.4. The summed E-state index contributed by atoms with van der Waals surface area (Å²) in [6.07, 6.45) is 0.272. The summed E-state index contributed by atoms with van der Waals surface area (Å²) in [5.41, 5.74) is 1.21. The normalized spacial score (nSPS) is 12.7. The lowest BCUT2D eigenvalue weighted by molar-refractivity contribution is 0.498. The number of alkyl halides is 1. The Balaban J connectivity index is 2.18. The Morgan fingerprint density at radius 1 is 1.35 bits per heavy atom. The van der Waals surface area contributed by atoms with Gasteiger partial charge in [0, 0.05) is 0 Å². The Kier molecular flexibility index (Phi) is 4.17. The van der Waals surface area contributed by atoms with Gasteiger partial charge in [0.2, 0.25) is 0 Å². The van der Waals surface area contributed by atoms with Crippen molar-refractivity contribution in [2.24, 2.45) is 0 Å². The standard InChI is InChI=1S/C12H8BrClF2S/c13-11-5-8(6-17-11)9(14)4-7-2-1-3-10(15)12(7)16/h1-3,5-6,9H,4H2. The second-order valence-corrected chi connectivity index (χ2v) is 6.39. The zero-order valence-corrected chi connectivity index (χ0v) is 11.7. The third kappa shape index (κ3) is 3.06. The van der Waals surface area contributed by atoms with E-state index >= 15 is 0 Å². The Morgan fingerprint density at radius 3 is 2.76 bits per heavy atom. The van der Waals surface area contributed by atoms with Crippen LogP contribution in [0.5, 0.6) is 0 Å². The molecule has 0 bridgehead atoms. The molecule has 0 radical (unpaired) electrons. The van der Waals surface area contributed by atoms with Crippen molar-refractivity contribution in [2.75, 3.05) is 0 Å². The highest BCUT2D eigenvalue weighted by Crippen LogP contribution is 2.32.